The van der Waals surface area contributed by atoms with Gasteiger partial charge in [-0.2, -0.15) is 10.1 Å². The number of rotatable bonds is 4. The van der Waals surface area contributed by atoms with Crippen LogP contribution >= 0.6 is 0 Å². The van der Waals surface area contributed by atoms with Gasteiger partial charge >= 0.3 is 0 Å². The first kappa shape index (κ1) is 12.6. The average Bonchev–Trinajstić information content (AvgIpc) is 2.91. The second kappa shape index (κ2) is 4.80. The van der Waals surface area contributed by atoms with Crippen molar-refractivity contribution in [1.29, 1.82) is 0 Å². The van der Waals surface area contributed by atoms with Crippen molar-refractivity contribution in [2.24, 2.45) is 0 Å². The monoisotopic (exact) mass is 248 g/mol. The minimum Gasteiger partial charge on any atom is -0.357 e. The lowest BCUT2D eigenvalue weighted by Crippen LogP contribution is -2.06. The van der Waals surface area contributed by atoms with Crippen molar-refractivity contribution in [3.63, 3.8) is 0 Å². The van der Waals surface area contributed by atoms with Crippen molar-refractivity contribution in [3.8, 4) is 11.5 Å². The molecule has 0 aliphatic heterocycles. The number of aromatic nitrogens is 5. The molecule has 0 spiro atoms. The maximum atomic E-state index is 4.53. The second-order valence-electron chi connectivity index (χ2n) is 4.54. The van der Waals surface area contributed by atoms with E-state index in [-0.39, 0.29) is 0 Å². The number of nitrogens with one attached hydrogen (secondary N) is 1. The number of hydrogen-bond acceptors (Lipinski definition) is 4. The minimum absolute atomic E-state index is 0.292. The van der Waals surface area contributed by atoms with E-state index in [1.165, 1.54) is 0 Å². The molecule has 0 unspecified atom stereocenters. The summed E-state index contributed by atoms with van der Waals surface area (Å²) < 4.78 is 3.82. The molecule has 1 N–H and O–H groups in total. The predicted octanol–water partition coefficient (Wildman–Crippen LogP) is 2.09. The van der Waals surface area contributed by atoms with E-state index in [0.717, 1.165) is 29.6 Å². The summed E-state index contributed by atoms with van der Waals surface area (Å²) in [6, 6.07) is 0.292. The molecule has 98 valence electrons. The molecule has 0 aliphatic carbocycles. The van der Waals surface area contributed by atoms with Gasteiger partial charge in [-0.3, -0.25) is 4.68 Å². The molecule has 0 atom stereocenters. The minimum atomic E-state index is 0.292. The van der Waals surface area contributed by atoms with Crippen molar-refractivity contribution < 1.29 is 0 Å². The van der Waals surface area contributed by atoms with E-state index in [2.05, 4.69) is 34.3 Å². The van der Waals surface area contributed by atoms with Crippen molar-refractivity contribution >= 4 is 5.95 Å². The maximum Gasteiger partial charge on any atom is 0.221 e. The van der Waals surface area contributed by atoms with E-state index >= 15 is 0 Å². The highest BCUT2D eigenvalue weighted by Crippen LogP contribution is 2.24. The molecule has 0 fully saturated rings. The van der Waals surface area contributed by atoms with E-state index in [1.54, 1.807) is 0 Å². The highest BCUT2D eigenvalue weighted by molar-refractivity contribution is 5.56. The third-order valence-corrected chi connectivity index (χ3v) is 2.87. The Bertz CT molecular complexity index is 515. The van der Waals surface area contributed by atoms with Gasteiger partial charge in [-0.15, -0.1) is 5.10 Å². The number of nitrogens with zero attached hydrogens (tertiary/aromatic N) is 5. The SMILES string of the molecule is CCn1nc(-c2c(C)cnn2C(C)C)nc1NC. The molecule has 0 saturated heterocycles. The van der Waals surface area contributed by atoms with Crippen LogP contribution in [0.4, 0.5) is 5.95 Å². The van der Waals surface area contributed by atoms with E-state index in [4.69, 9.17) is 0 Å². The lowest BCUT2D eigenvalue weighted by molar-refractivity contribution is 0.536. The number of hydrogen-bond donors (Lipinski definition) is 1. The maximum absolute atomic E-state index is 4.53. The van der Waals surface area contributed by atoms with Crippen LogP contribution in [-0.2, 0) is 6.54 Å². The van der Waals surface area contributed by atoms with E-state index < -0.39 is 0 Å². The summed E-state index contributed by atoms with van der Waals surface area (Å²) in [6.07, 6.45) is 1.86. The summed E-state index contributed by atoms with van der Waals surface area (Å²) in [5.74, 6) is 1.51. The Hall–Kier alpha value is -1.85. The van der Waals surface area contributed by atoms with Gasteiger partial charge in [0.25, 0.3) is 0 Å². The molecule has 0 bridgehead atoms. The molecular formula is C12H20N6. The summed E-state index contributed by atoms with van der Waals surface area (Å²) >= 11 is 0. The molecule has 6 heteroatoms. The van der Waals surface area contributed by atoms with Gasteiger partial charge in [0.1, 0.15) is 5.69 Å². The summed E-state index contributed by atoms with van der Waals surface area (Å²) in [4.78, 5) is 4.53. The summed E-state index contributed by atoms with van der Waals surface area (Å²) in [5, 5.41) is 12.0. The zero-order chi connectivity index (χ0) is 13.3. The van der Waals surface area contributed by atoms with Crippen molar-refractivity contribution in [3.05, 3.63) is 11.8 Å². The van der Waals surface area contributed by atoms with Gasteiger partial charge in [0.2, 0.25) is 11.8 Å². The van der Waals surface area contributed by atoms with Crippen LogP contribution < -0.4 is 5.32 Å². The third kappa shape index (κ3) is 1.98. The highest BCUT2D eigenvalue weighted by Gasteiger charge is 2.18. The summed E-state index contributed by atoms with van der Waals surface area (Å²) in [5.41, 5.74) is 2.09. The Morgan fingerprint density at radius 1 is 1.39 bits per heavy atom. The topological polar surface area (TPSA) is 60.6 Å². The largest absolute Gasteiger partial charge is 0.357 e. The van der Waals surface area contributed by atoms with E-state index in [9.17, 15) is 0 Å². The zero-order valence-corrected chi connectivity index (χ0v) is 11.6. The van der Waals surface area contributed by atoms with Gasteiger partial charge < -0.3 is 5.32 Å². The smallest absolute Gasteiger partial charge is 0.221 e. The van der Waals surface area contributed by atoms with Crippen LogP contribution in [0.25, 0.3) is 11.5 Å². The number of aryl methyl sites for hydroxylation is 2. The molecule has 0 aliphatic rings. The Balaban J connectivity index is 2.54. The van der Waals surface area contributed by atoms with Gasteiger partial charge in [-0.05, 0) is 33.3 Å². The normalized spacial score (nSPS) is 11.2. The lowest BCUT2D eigenvalue weighted by atomic mass is 10.2. The van der Waals surface area contributed by atoms with Gasteiger partial charge in [-0.1, -0.05) is 0 Å². The third-order valence-electron chi connectivity index (χ3n) is 2.87. The predicted molar refractivity (Wildman–Crippen MR) is 71.6 cm³/mol. The van der Waals surface area contributed by atoms with Crippen LogP contribution in [0.3, 0.4) is 0 Å². The Kier molecular flexibility index (Phi) is 3.36. The molecule has 0 saturated carbocycles. The van der Waals surface area contributed by atoms with Crippen LogP contribution in [-0.4, -0.2) is 31.6 Å². The molecule has 0 radical (unpaired) electrons. The van der Waals surface area contributed by atoms with Gasteiger partial charge in [0.15, 0.2) is 0 Å². The van der Waals surface area contributed by atoms with Crippen LogP contribution in [0.5, 0.6) is 0 Å². The Morgan fingerprint density at radius 3 is 2.61 bits per heavy atom. The van der Waals surface area contributed by atoms with Crippen LogP contribution in [0.15, 0.2) is 6.20 Å². The first-order chi connectivity index (χ1) is 8.58. The van der Waals surface area contributed by atoms with Crippen LogP contribution in [0.2, 0.25) is 0 Å². The van der Waals surface area contributed by atoms with Crippen molar-refractivity contribution in [1.82, 2.24) is 24.5 Å². The standard InChI is InChI=1S/C12H20N6/c1-6-17-12(13-5)15-11(16-17)10-9(4)7-14-18(10)8(2)3/h7-8H,6H2,1-5H3,(H,13,15,16). The van der Waals surface area contributed by atoms with Gasteiger partial charge in [0.05, 0.1) is 6.20 Å². The quantitative estimate of drug-likeness (QED) is 0.900. The molecule has 0 amide bonds. The van der Waals surface area contributed by atoms with Gasteiger partial charge in [-0.25, -0.2) is 4.68 Å². The molecule has 18 heavy (non-hydrogen) atoms. The van der Waals surface area contributed by atoms with Crippen LogP contribution in [0, 0.1) is 6.92 Å². The van der Waals surface area contributed by atoms with E-state index in [0.29, 0.717) is 6.04 Å². The first-order valence-electron chi connectivity index (χ1n) is 6.25. The fourth-order valence-electron chi connectivity index (χ4n) is 1.97. The first-order valence-corrected chi connectivity index (χ1v) is 6.25. The van der Waals surface area contributed by atoms with E-state index in [1.807, 2.05) is 36.5 Å². The molecular weight excluding hydrogens is 228 g/mol. The molecule has 0 aromatic carbocycles. The Morgan fingerprint density at radius 2 is 2.11 bits per heavy atom. The second-order valence-corrected chi connectivity index (χ2v) is 4.54. The zero-order valence-electron chi connectivity index (χ0n) is 11.6. The van der Waals surface area contributed by atoms with Crippen LogP contribution in [0.1, 0.15) is 32.4 Å². The Labute approximate surface area is 107 Å². The summed E-state index contributed by atoms with van der Waals surface area (Å²) in [7, 11) is 1.85. The number of anilines is 1. The molecule has 2 aromatic heterocycles. The van der Waals surface area contributed by atoms with Crippen molar-refractivity contribution in [2.75, 3.05) is 12.4 Å². The molecule has 2 rings (SSSR count). The van der Waals surface area contributed by atoms with Crippen molar-refractivity contribution in [2.45, 2.75) is 40.3 Å². The fourth-order valence-corrected chi connectivity index (χ4v) is 1.97. The van der Waals surface area contributed by atoms with Gasteiger partial charge in [0, 0.05) is 19.6 Å². The average molecular weight is 248 g/mol. The highest BCUT2D eigenvalue weighted by atomic mass is 15.4. The summed E-state index contributed by atoms with van der Waals surface area (Å²) in [6.45, 7) is 9.08. The molecule has 6 nitrogen and oxygen atoms in total. The molecule has 2 heterocycles. The lowest BCUT2D eigenvalue weighted by Gasteiger charge is -2.08. The molecule has 2 aromatic rings. The fraction of sp³-hybridized carbons (Fsp3) is 0.583.